The molecular formula is C12H21NO2S. The van der Waals surface area contributed by atoms with Gasteiger partial charge in [-0.25, -0.2) is 0 Å². The van der Waals surface area contributed by atoms with E-state index >= 15 is 0 Å². The Hall–Kier alpha value is -0.420. The van der Waals surface area contributed by atoms with Crippen LogP contribution in [0.2, 0.25) is 0 Å². The van der Waals surface area contributed by atoms with Crippen molar-refractivity contribution in [3.63, 3.8) is 0 Å². The lowest BCUT2D eigenvalue weighted by atomic mass is 10.2. The highest BCUT2D eigenvalue weighted by atomic mass is 32.1. The Morgan fingerprint density at radius 3 is 2.50 bits per heavy atom. The van der Waals surface area contributed by atoms with Crippen LogP contribution in [0.5, 0.6) is 0 Å². The molecule has 1 heterocycles. The van der Waals surface area contributed by atoms with E-state index < -0.39 is 0 Å². The van der Waals surface area contributed by atoms with Crippen molar-refractivity contribution in [2.75, 3.05) is 20.8 Å². The van der Waals surface area contributed by atoms with Crippen LogP contribution in [0.1, 0.15) is 16.7 Å². The molecule has 16 heavy (non-hydrogen) atoms. The van der Waals surface area contributed by atoms with Gasteiger partial charge in [0.05, 0.1) is 0 Å². The fraction of sp³-hybridized carbons (Fsp3) is 0.667. The summed E-state index contributed by atoms with van der Waals surface area (Å²) in [5, 5.41) is 3.40. The maximum absolute atomic E-state index is 5.12. The van der Waals surface area contributed by atoms with Crippen molar-refractivity contribution in [1.82, 2.24) is 5.32 Å². The molecule has 1 atom stereocenters. The molecule has 1 rings (SSSR count). The van der Waals surface area contributed by atoms with Gasteiger partial charge in [-0.2, -0.15) is 0 Å². The van der Waals surface area contributed by atoms with Crippen molar-refractivity contribution in [1.29, 1.82) is 0 Å². The molecule has 0 aromatic carbocycles. The van der Waals surface area contributed by atoms with E-state index in [0.29, 0.717) is 6.04 Å². The van der Waals surface area contributed by atoms with Crippen LogP contribution in [0.4, 0.5) is 0 Å². The first-order chi connectivity index (χ1) is 7.65. The lowest BCUT2D eigenvalue weighted by Gasteiger charge is -2.18. The second kappa shape index (κ2) is 7.01. The zero-order chi connectivity index (χ0) is 12.0. The fourth-order valence-corrected chi connectivity index (χ4v) is 2.55. The Kier molecular flexibility index (Phi) is 5.98. The van der Waals surface area contributed by atoms with Crippen molar-refractivity contribution >= 4 is 11.3 Å². The summed E-state index contributed by atoms with van der Waals surface area (Å²) < 4.78 is 10.2. The third-order valence-corrected chi connectivity index (χ3v) is 3.49. The molecule has 0 saturated carbocycles. The van der Waals surface area contributed by atoms with Gasteiger partial charge in [-0.15, -0.1) is 11.3 Å². The Balaban J connectivity index is 2.27. The number of rotatable bonds is 7. The summed E-state index contributed by atoms with van der Waals surface area (Å²) in [6, 6.07) is 4.80. The van der Waals surface area contributed by atoms with Crippen molar-refractivity contribution in [2.24, 2.45) is 0 Å². The van der Waals surface area contributed by atoms with Gasteiger partial charge in [0.25, 0.3) is 0 Å². The summed E-state index contributed by atoms with van der Waals surface area (Å²) in [4.78, 5) is 2.79. The van der Waals surface area contributed by atoms with Gasteiger partial charge in [-0.1, -0.05) is 0 Å². The predicted molar refractivity (Wildman–Crippen MR) is 68.0 cm³/mol. The van der Waals surface area contributed by atoms with E-state index in [1.54, 1.807) is 14.2 Å². The molecule has 1 aromatic heterocycles. The second-order valence-corrected chi connectivity index (χ2v) is 5.30. The summed E-state index contributed by atoms with van der Waals surface area (Å²) in [6.07, 6.45) is 0.895. The second-order valence-electron chi connectivity index (χ2n) is 3.93. The summed E-state index contributed by atoms with van der Waals surface area (Å²) in [5.74, 6) is 0. The molecule has 0 saturated heterocycles. The largest absolute Gasteiger partial charge is 0.355 e. The molecule has 0 aliphatic rings. The standard InChI is InChI=1S/C12H21NO2S/c1-9(13-8-12(14-3)15-4)7-11-6-5-10(2)16-11/h5-6,9,12-13H,7-8H2,1-4H3. The highest BCUT2D eigenvalue weighted by Crippen LogP contribution is 2.16. The predicted octanol–water partition coefficient (Wildman–Crippen LogP) is 2.20. The molecule has 1 unspecified atom stereocenters. The first kappa shape index (κ1) is 13.6. The SMILES string of the molecule is COC(CNC(C)Cc1ccc(C)s1)OC. The number of hydrogen-bond acceptors (Lipinski definition) is 4. The van der Waals surface area contributed by atoms with E-state index in [-0.39, 0.29) is 6.29 Å². The molecule has 0 aliphatic heterocycles. The maximum Gasteiger partial charge on any atom is 0.169 e. The van der Waals surface area contributed by atoms with Crippen LogP contribution in [-0.4, -0.2) is 33.1 Å². The number of methoxy groups -OCH3 is 2. The van der Waals surface area contributed by atoms with Crippen molar-refractivity contribution in [3.05, 3.63) is 21.9 Å². The molecule has 1 N–H and O–H groups in total. The number of aryl methyl sites for hydroxylation is 1. The van der Waals surface area contributed by atoms with Crippen LogP contribution in [0, 0.1) is 6.92 Å². The Labute approximate surface area is 102 Å². The van der Waals surface area contributed by atoms with Crippen molar-refractivity contribution in [2.45, 2.75) is 32.6 Å². The molecule has 0 aliphatic carbocycles. The molecule has 0 amide bonds. The topological polar surface area (TPSA) is 30.5 Å². The smallest absolute Gasteiger partial charge is 0.169 e. The Bertz CT molecular complexity index is 297. The fourth-order valence-electron chi connectivity index (χ4n) is 1.53. The van der Waals surface area contributed by atoms with Gasteiger partial charge >= 0.3 is 0 Å². The van der Waals surface area contributed by atoms with E-state index in [0.717, 1.165) is 13.0 Å². The van der Waals surface area contributed by atoms with Crippen molar-refractivity contribution in [3.8, 4) is 0 Å². The minimum absolute atomic E-state index is 0.160. The van der Waals surface area contributed by atoms with E-state index in [1.807, 2.05) is 11.3 Å². The minimum atomic E-state index is -0.160. The average molecular weight is 243 g/mol. The van der Waals surface area contributed by atoms with Gasteiger partial charge < -0.3 is 14.8 Å². The average Bonchev–Trinajstić information content (AvgIpc) is 2.65. The molecule has 0 spiro atoms. The first-order valence-electron chi connectivity index (χ1n) is 5.50. The van der Waals surface area contributed by atoms with Crippen molar-refractivity contribution < 1.29 is 9.47 Å². The highest BCUT2D eigenvalue weighted by molar-refractivity contribution is 7.11. The van der Waals surface area contributed by atoms with Crippen LogP contribution in [-0.2, 0) is 15.9 Å². The number of nitrogens with one attached hydrogen (secondary N) is 1. The molecule has 92 valence electrons. The van der Waals surface area contributed by atoms with E-state index in [1.165, 1.54) is 9.75 Å². The summed E-state index contributed by atoms with van der Waals surface area (Å²) in [5.41, 5.74) is 0. The highest BCUT2D eigenvalue weighted by Gasteiger charge is 2.09. The van der Waals surface area contributed by atoms with Crippen LogP contribution in [0.25, 0.3) is 0 Å². The molecule has 0 fully saturated rings. The summed E-state index contributed by atoms with van der Waals surface area (Å²) >= 11 is 1.86. The third-order valence-electron chi connectivity index (χ3n) is 2.46. The molecule has 1 aromatic rings. The first-order valence-corrected chi connectivity index (χ1v) is 6.31. The zero-order valence-corrected chi connectivity index (χ0v) is 11.3. The van der Waals surface area contributed by atoms with Gasteiger partial charge in [-0.3, -0.25) is 0 Å². The third kappa shape index (κ3) is 4.61. The normalized spacial score (nSPS) is 13.3. The zero-order valence-electron chi connectivity index (χ0n) is 10.4. The molecule has 4 heteroatoms. The summed E-state index contributed by atoms with van der Waals surface area (Å²) in [7, 11) is 3.31. The van der Waals surface area contributed by atoms with Gasteiger partial charge in [0.2, 0.25) is 0 Å². The maximum atomic E-state index is 5.12. The van der Waals surface area contributed by atoms with Gasteiger partial charge in [0, 0.05) is 36.6 Å². The van der Waals surface area contributed by atoms with E-state index in [4.69, 9.17) is 9.47 Å². The lowest BCUT2D eigenvalue weighted by molar-refractivity contribution is -0.0996. The Morgan fingerprint density at radius 1 is 1.31 bits per heavy atom. The monoisotopic (exact) mass is 243 g/mol. The minimum Gasteiger partial charge on any atom is -0.355 e. The number of thiophene rings is 1. The molecule has 3 nitrogen and oxygen atoms in total. The van der Waals surface area contributed by atoms with Gasteiger partial charge in [-0.05, 0) is 32.4 Å². The lowest BCUT2D eigenvalue weighted by Crippen LogP contribution is -2.36. The van der Waals surface area contributed by atoms with E-state index in [2.05, 4.69) is 31.3 Å². The van der Waals surface area contributed by atoms with Gasteiger partial charge in [0.1, 0.15) is 0 Å². The van der Waals surface area contributed by atoms with E-state index in [9.17, 15) is 0 Å². The van der Waals surface area contributed by atoms with Gasteiger partial charge in [0.15, 0.2) is 6.29 Å². The molecule has 0 radical (unpaired) electrons. The number of ether oxygens (including phenoxy) is 2. The van der Waals surface area contributed by atoms with Crippen LogP contribution >= 0.6 is 11.3 Å². The summed E-state index contributed by atoms with van der Waals surface area (Å²) in [6.45, 7) is 5.04. The van der Waals surface area contributed by atoms with Crippen LogP contribution < -0.4 is 5.32 Å². The quantitative estimate of drug-likeness (QED) is 0.745. The number of hydrogen-bond donors (Lipinski definition) is 1. The molecular weight excluding hydrogens is 222 g/mol. The molecule has 0 bridgehead atoms. The van der Waals surface area contributed by atoms with Crippen LogP contribution in [0.3, 0.4) is 0 Å². The Morgan fingerprint density at radius 2 is 2.00 bits per heavy atom. The van der Waals surface area contributed by atoms with Crippen LogP contribution in [0.15, 0.2) is 12.1 Å².